The van der Waals surface area contributed by atoms with E-state index in [0.717, 1.165) is 6.08 Å². The summed E-state index contributed by atoms with van der Waals surface area (Å²) in [6, 6.07) is 0. The summed E-state index contributed by atoms with van der Waals surface area (Å²) >= 11 is 3.77. The fourth-order valence-corrected chi connectivity index (χ4v) is 1.45. The van der Waals surface area contributed by atoms with E-state index in [0.29, 0.717) is 0 Å². The summed E-state index contributed by atoms with van der Waals surface area (Å²) in [7, 11) is 0. The van der Waals surface area contributed by atoms with Crippen LogP contribution in [0, 0.1) is 0 Å². The maximum Gasteiger partial charge on any atom is 0.412 e. The van der Waals surface area contributed by atoms with Crippen molar-refractivity contribution in [1.82, 2.24) is 4.90 Å². The molecule has 1 aliphatic heterocycles. The Balaban J connectivity index is 2.60. The van der Waals surface area contributed by atoms with Crippen molar-refractivity contribution >= 4 is 18.5 Å². The molecular formula is C8H10F3NOS. The van der Waals surface area contributed by atoms with Gasteiger partial charge in [-0.15, -0.1) is 0 Å². The van der Waals surface area contributed by atoms with Crippen LogP contribution in [-0.4, -0.2) is 35.8 Å². The molecule has 0 fully saturated rings. The number of alkyl halides is 3. The first-order valence-electron chi connectivity index (χ1n) is 4.10. The third kappa shape index (κ3) is 2.67. The number of thiol groups is 1. The first-order valence-corrected chi connectivity index (χ1v) is 4.73. The molecule has 0 aromatic rings. The van der Waals surface area contributed by atoms with Crippen LogP contribution >= 0.6 is 12.6 Å². The Morgan fingerprint density at radius 3 is 2.57 bits per heavy atom. The molecule has 0 atom stereocenters. The van der Waals surface area contributed by atoms with Crippen molar-refractivity contribution in [1.29, 1.82) is 0 Å². The molecule has 1 heterocycles. The average molecular weight is 225 g/mol. The van der Waals surface area contributed by atoms with Gasteiger partial charge in [0.25, 0.3) is 0 Å². The molecule has 0 bridgehead atoms. The molecule has 0 saturated heterocycles. The maximum atomic E-state index is 12.2. The zero-order valence-corrected chi connectivity index (χ0v) is 8.24. The van der Waals surface area contributed by atoms with Gasteiger partial charge in [-0.1, -0.05) is 6.08 Å². The third-order valence-corrected chi connectivity index (χ3v) is 2.33. The van der Waals surface area contributed by atoms with E-state index < -0.39 is 11.7 Å². The van der Waals surface area contributed by atoms with Gasteiger partial charge in [-0.3, -0.25) is 4.79 Å². The zero-order valence-electron chi connectivity index (χ0n) is 7.34. The van der Waals surface area contributed by atoms with Crippen LogP contribution in [0.15, 0.2) is 11.6 Å². The number of carbonyl (C=O) groups is 1. The Hall–Kier alpha value is -0.650. The number of nitrogens with zero attached hydrogens (tertiary/aromatic N) is 1. The minimum absolute atomic E-state index is 0.0359. The van der Waals surface area contributed by atoms with Gasteiger partial charge in [0, 0.05) is 18.7 Å². The molecule has 1 amide bonds. The standard InChI is InChI=1S/C8H10F3NOS/c9-8(10,11)6-1-3-12(4-2-6)7(13)5-14/h1,14H,2-5H2. The zero-order chi connectivity index (χ0) is 10.8. The van der Waals surface area contributed by atoms with Crippen LogP contribution in [0.5, 0.6) is 0 Å². The third-order valence-electron chi connectivity index (χ3n) is 2.06. The van der Waals surface area contributed by atoms with Gasteiger partial charge in [-0.25, -0.2) is 0 Å². The van der Waals surface area contributed by atoms with Crippen molar-refractivity contribution < 1.29 is 18.0 Å². The number of carbonyl (C=O) groups excluding carboxylic acids is 1. The number of halogens is 3. The van der Waals surface area contributed by atoms with Crippen LogP contribution in [0.1, 0.15) is 6.42 Å². The summed E-state index contributed by atoms with van der Waals surface area (Å²) in [5.74, 6) is -0.194. The second-order valence-electron chi connectivity index (χ2n) is 2.97. The molecule has 6 heteroatoms. The molecule has 0 saturated carbocycles. The first kappa shape index (κ1) is 11.4. The van der Waals surface area contributed by atoms with E-state index in [1.807, 2.05) is 0 Å². The number of amides is 1. The van der Waals surface area contributed by atoms with Crippen LogP contribution in [0.25, 0.3) is 0 Å². The summed E-state index contributed by atoms with van der Waals surface area (Å²) < 4.78 is 36.5. The fraction of sp³-hybridized carbons (Fsp3) is 0.625. The van der Waals surface area contributed by atoms with E-state index in [2.05, 4.69) is 12.6 Å². The van der Waals surface area contributed by atoms with E-state index in [1.165, 1.54) is 4.90 Å². The highest BCUT2D eigenvalue weighted by Gasteiger charge is 2.35. The molecule has 0 spiro atoms. The van der Waals surface area contributed by atoms with Crippen LogP contribution < -0.4 is 0 Å². The second-order valence-corrected chi connectivity index (χ2v) is 3.29. The van der Waals surface area contributed by atoms with Crippen LogP contribution in [0.2, 0.25) is 0 Å². The Morgan fingerprint density at radius 1 is 1.57 bits per heavy atom. The normalized spacial score (nSPS) is 18.0. The Bertz CT molecular complexity index is 262. The number of hydrogen-bond acceptors (Lipinski definition) is 2. The Morgan fingerprint density at radius 2 is 2.21 bits per heavy atom. The van der Waals surface area contributed by atoms with Crippen molar-refractivity contribution in [2.45, 2.75) is 12.6 Å². The van der Waals surface area contributed by atoms with Gasteiger partial charge in [-0.05, 0) is 6.42 Å². The molecule has 0 aromatic carbocycles. The van der Waals surface area contributed by atoms with Gasteiger partial charge in [0.1, 0.15) is 0 Å². The van der Waals surface area contributed by atoms with E-state index in [-0.39, 0.29) is 31.2 Å². The topological polar surface area (TPSA) is 20.3 Å². The monoisotopic (exact) mass is 225 g/mol. The second kappa shape index (κ2) is 4.25. The summed E-state index contributed by atoms with van der Waals surface area (Å²) in [6.07, 6.45) is -3.32. The molecule has 0 aromatic heterocycles. The van der Waals surface area contributed by atoms with Crippen LogP contribution in [-0.2, 0) is 4.79 Å². The number of rotatable bonds is 1. The molecule has 2 nitrogen and oxygen atoms in total. The summed E-state index contributed by atoms with van der Waals surface area (Å²) in [4.78, 5) is 12.4. The lowest BCUT2D eigenvalue weighted by atomic mass is 10.1. The lowest BCUT2D eigenvalue weighted by Crippen LogP contribution is -2.37. The van der Waals surface area contributed by atoms with Gasteiger partial charge >= 0.3 is 6.18 Å². The first-order chi connectivity index (χ1) is 6.45. The van der Waals surface area contributed by atoms with Gasteiger partial charge < -0.3 is 4.90 Å². The largest absolute Gasteiger partial charge is 0.412 e. The lowest BCUT2D eigenvalue weighted by Gasteiger charge is -2.26. The van der Waals surface area contributed by atoms with Crippen molar-refractivity contribution in [2.24, 2.45) is 0 Å². The highest BCUT2D eigenvalue weighted by Crippen LogP contribution is 2.30. The van der Waals surface area contributed by atoms with Crippen LogP contribution in [0.3, 0.4) is 0 Å². The lowest BCUT2D eigenvalue weighted by molar-refractivity contribution is -0.129. The molecular weight excluding hydrogens is 215 g/mol. The maximum absolute atomic E-state index is 12.2. The van der Waals surface area contributed by atoms with E-state index in [1.54, 1.807) is 0 Å². The fourth-order valence-electron chi connectivity index (χ4n) is 1.25. The highest BCUT2D eigenvalue weighted by atomic mass is 32.1. The molecule has 0 radical (unpaired) electrons. The minimum atomic E-state index is -4.25. The average Bonchev–Trinajstić information content (AvgIpc) is 2.15. The smallest absolute Gasteiger partial charge is 0.338 e. The summed E-state index contributed by atoms with van der Waals surface area (Å²) in [5.41, 5.74) is -0.541. The molecule has 0 unspecified atom stereocenters. The molecule has 14 heavy (non-hydrogen) atoms. The van der Waals surface area contributed by atoms with Crippen molar-refractivity contribution in [2.75, 3.05) is 18.8 Å². The van der Waals surface area contributed by atoms with Gasteiger partial charge in [-0.2, -0.15) is 25.8 Å². The number of hydrogen-bond donors (Lipinski definition) is 1. The van der Waals surface area contributed by atoms with E-state index in [9.17, 15) is 18.0 Å². The van der Waals surface area contributed by atoms with E-state index >= 15 is 0 Å². The van der Waals surface area contributed by atoms with Gasteiger partial charge in [0.15, 0.2) is 0 Å². The predicted octanol–water partition coefficient (Wildman–Crippen LogP) is 1.64. The summed E-state index contributed by atoms with van der Waals surface area (Å²) in [5, 5.41) is 0. The van der Waals surface area contributed by atoms with E-state index in [4.69, 9.17) is 0 Å². The quantitative estimate of drug-likeness (QED) is 0.531. The SMILES string of the molecule is O=C(CS)N1CC=C(C(F)(F)F)CC1. The molecule has 0 N–H and O–H groups in total. The molecule has 0 aliphatic carbocycles. The minimum Gasteiger partial charge on any atom is -0.338 e. The van der Waals surface area contributed by atoms with Gasteiger partial charge in [0.05, 0.1) is 5.75 Å². The van der Waals surface area contributed by atoms with Crippen molar-refractivity contribution in [3.8, 4) is 0 Å². The highest BCUT2D eigenvalue weighted by molar-refractivity contribution is 7.81. The van der Waals surface area contributed by atoms with Crippen molar-refractivity contribution in [3.63, 3.8) is 0 Å². The van der Waals surface area contributed by atoms with Crippen LogP contribution in [0.4, 0.5) is 13.2 Å². The molecule has 80 valence electrons. The molecule has 1 aliphatic rings. The molecule has 1 rings (SSSR count). The Labute approximate surface area is 85.2 Å². The van der Waals surface area contributed by atoms with Crippen molar-refractivity contribution in [3.05, 3.63) is 11.6 Å². The Kier molecular flexibility index (Phi) is 3.47. The van der Waals surface area contributed by atoms with Gasteiger partial charge in [0.2, 0.25) is 5.91 Å². The summed E-state index contributed by atoms with van der Waals surface area (Å²) in [6.45, 7) is 0.166. The predicted molar refractivity (Wildman–Crippen MR) is 49.2 cm³/mol.